The third-order valence-electron chi connectivity index (χ3n) is 11.4. The molecule has 6 heteroatoms. The summed E-state index contributed by atoms with van der Waals surface area (Å²) in [6.07, 6.45) is 41.0. The molecule has 1 atom stereocenters. The predicted octanol–water partition coefficient (Wildman–Crippen LogP) is 16.0. The van der Waals surface area contributed by atoms with Crippen molar-refractivity contribution >= 4 is 17.9 Å². The predicted molar refractivity (Wildman–Crippen MR) is 243 cm³/mol. The monoisotopic (exact) mass is 807 g/mol. The number of hydrogen-bond acceptors (Lipinski definition) is 6. The Hall–Kier alpha value is -1.59. The number of hydrogen-bond donors (Lipinski definition) is 0. The van der Waals surface area contributed by atoms with Gasteiger partial charge in [0, 0.05) is 19.3 Å². The summed E-state index contributed by atoms with van der Waals surface area (Å²) in [6.45, 7) is 13.7. The van der Waals surface area contributed by atoms with E-state index in [1.54, 1.807) is 0 Å². The average molecular weight is 807 g/mol. The fourth-order valence-electron chi connectivity index (χ4n) is 7.59. The number of ether oxygens (including phenoxy) is 3. The first-order chi connectivity index (χ1) is 27.6. The maximum Gasteiger partial charge on any atom is 0.306 e. The van der Waals surface area contributed by atoms with Gasteiger partial charge in [-0.3, -0.25) is 14.4 Å². The van der Waals surface area contributed by atoms with Gasteiger partial charge in [-0.25, -0.2) is 0 Å². The van der Waals surface area contributed by atoms with Gasteiger partial charge in [-0.05, 0) is 37.0 Å². The SMILES string of the molecule is CC(C)CCCCCCCCCCCCCCCCC(=O)O[C@@H](COC(=O)CCCCCCCCCCCC(C)C)COC(=O)CCCCCCCCCC(C)C. The molecule has 0 rings (SSSR count). The summed E-state index contributed by atoms with van der Waals surface area (Å²) in [6, 6.07) is 0. The third kappa shape index (κ3) is 45.3. The molecule has 6 nitrogen and oxygen atoms in total. The van der Waals surface area contributed by atoms with E-state index in [1.165, 1.54) is 154 Å². The zero-order valence-electron chi connectivity index (χ0n) is 39.1. The van der Waals surface area contributed by atoms with E-state index in [4.69, 9.17) is 14.2 Å². The summed E-state index contributed by atoms with van der Waals surface area (Å²) in [5.74, 6) is 1.58. The zero-order valence-corrected chi connectivity index (χ0v) is 39.1. The molecule has 0 N–H and O–H groups in total. The molecule has 0 amide bonds. The Bertz CT molecular complexity index is 883. The van der Waals surface area contributed by atoms with E-state index >= 15 is 0 Å². The molecule has 0 unspecified atom stereocenters. The second-order valence-electron chi connectivity index (χ2n) is 18.9. The maximum absolute atomic E-state index is 12.8. The zero-order chi connectivity index (χ0) is 42.0. The largest absolute Gasteiger partial charge is 0.462 e. The number of carbonyl (C=O) groups is 3. The van der Waals surface area contributed by atoms with E-state index in [-0.39, 0.29) is 31.1 Å². The molecule has 57 heavy (non-hydrogen) atoms. The Morgan fingerprint density at radius 2 is 0.509 bits per heavy atom. The molecular formula is C51H98O6. The quantitative estimate of drug-likeness (QED) is 0.0347. The van der Waals surface area contributed by atoms with Crippen molar-refractivity contribution in [3.05, 3.63) is 0 Å². The Kier molecular flexibility index (Phi) is 41.3. The molecule has 0 aromatic carbocycles. The molecule has 0 fully saturated rings. The number of esters is 3. The molecule has 0 aliphatic carbocycles. The lowest BCUT2D eigenvalue weighted by Gasteiger charge is -2.18. The molecule has 0 radical (unpaired) electrons. The fraction of sp³-hybridized carbons (Fsp3) is 0.941. The molecule has 0 aromatic heterocycles. The minimum atomic E-state index is -0.762. The highest BCUT2D eigenvalue weighted by atomic mass is 16.6. The molecule has 0 saturated heterocycles. The van der Waals surface area contributed by atoms with Gasteiger partial charge < -0.3 is 14.2 Å². The second kappa shape index (κ2) is 42.5. The topological polar surface area (TPSA) is 78.9 Å². The molecule has 0 bridgehead atoms. The molecular weight excluding hydrogens is 709 g/mol. The van der Waals surface area contributed by atoms with Crippen LogP contribution in [0.25, 0.3) is 0 Å². The second-order valence-corrected chi connectivity index (χ2v) is 18.9. The molecule has 338 valence electrons. The number of rotatable bonds is 44. The van der Waals surface area contributed by atoms with Crippen LogP contribution in [0.3, 0.4) is 0 Å². The van der Waals surface area contributed by atoms with Gasteiger partial charge in [-0.1, -0.05) is 234 Å². The maximum atomic E-state index is 12.8. The van der Waals surface area contributed by atoms with Crippen LogP contribution in [-0.4, -0.2) is 37.2 Å². The van der Waals surface area contributed by atoms with Crippen LogP contribution in [0.5, 0.6) is 0 Å². The van der Waals surface area contributed by atoms with E-state index in [0.29, 0.717) is 19.3 Å². The first-order valence-electron chi connectivity index (χ1n) is 25.1. The van der Waals surface area contributed by atoms with Gasteiger partial charge in [-0.2, -0.15) is 0 Å². The van der Waals surface area contributed by atoms with Crippen molar-refractivity contribution in [3.63, 3.8) is 0 Å². The van der Waals surface area contributed by atoms with Crippen molar-refractivity contribution in [2.45, 2.75) is 279 Å². The highest BCUT2D eigenvalue weighted by Crippen LogP contribution is 2.17. The lowest BCUT2D eigenvalue weighted by Crippen LogP contribution is -2.30. The van der Waals surface area contributed by atoms with Crippen molar-refractivity contribution < 1.29 is 28.6 Å². The van der Waals surface area contributed by atoms with E-state index in [2.05, 4.69) is 41.5 Å². The van der Waals surface area contributed by atoms with Gasteiger partial charge in [-0.15, -0.1) is 0 Å². The summed E-state index contributed by atoms with van der Waals surface area (Å²) in [4.78, 5) is 37.8. The lowest BCUT2D eigenvalue weighted by atomic mass is 10.0. The fourth-order valence-corrected chi connectivity index (χ4v) is 7.59. The first-order valence-corrected chi connectivity index (χ1v) is 25.1. The first kappa shape index (κ1) is 55.4. The van der Waals surface area contributed by atoms with Gasteiger partial charge in [0.2, 0.25) is 0 Å². The van der Waals surface area contributed by atoms with Gasteiger partial charge in [0.1, 0.15) is 13.2 Å². The number of unbranched alkanes of at least 4 members (excludes halogenated alkanes) is 27. The Morgan fingerprint density at radius 1 is 0.298 bits per heavy atom. The van der Waals surface area contributed by atoms with Crippen LogP contribution in [0.4, 0.5) is 0 Å². The summed E-state index contributed by atoms with van der Waals surface area (Å²) in [5.41, 5.74) is 0. The summed E-state index contributed by atoms with van der Waals surface area (Å²) >= 11 is 0. The van der Waals surface area contributed by atoms with Crippen LogP contribution in [0.15, 0.2) is 0 Å². The average Bonchev–Trinajstić information content (AvgIpc) is 3.16. The Balaban J connectivity index is 4.29. The van der Waals surface area contributed by atoms with Crippen LogP contribution in [-0.2, 0) is 28.6 Å². The van der Waals surface area contributed by atoms with Crippen molar-refractivity contribution in [3.8, 4) is 0 Å². The Morgan fingerprint density at radius 3 is 0.754 bits per heavy atom. The van der Waals surface area contributed by atoms with Crippen LogP contribution < -0.4 is 0 Å². The minimum absolute atomic E-state index is 0.0657. The molecule has 0 spiro atoms. The summed E-state index contributed by atoms with van der Waals surface area (Å²) in [7, 11) is 0. The van der Waals surface area contributed by atoms with Crippen LogP contribution in [0, 0.1) is 17.8 Å². The van der Waals surface area contributed by atoms with E-state index in [9.17, 15) is 14.4 Å². The highest BCUT2D eigenvalue weighted by Gasteiger charge is 2.19. The molecule has 0 aliphatic rings. The molecule has 0 heterocycles. The van der Waals surface area contributed by atoms with Crippen LogP contribution in [0.2, 0.25) is 0 Å². The van der Waals surface area contributed by atoms with Crippen molar-refractivity contribution in [2.24, 2.45) is 17.8 Å². The van der Waals surface area contributed by atoms with Gasteiger partial charge in [0.15, 0.2) is 6.10 Å². The molecule has 0 aromatic rings. The van der Waals surface area contributed by atoms with Gasteiger partial charge in [0.05, 0.1) is 0 Å². The summed E-state index contributed by atoms with van der Waals surface area (Å²) in [5, 5.41) is 0. The number of carbonyl (C=O) groups excluding carboxylic acids is 3. The molecule has 0 aliphatic heterocycles. The van der Waals surface area contributed by atoms with Gasteiger partial charge in [0.25, 0.3) is 0 Å². The normalized spacial score (nSPS) is 12.2. The minimum Gasteiger partial charge on any atom is -0.462 e. The van der Waals surface area contributed by atoms with Crippen molar-refractivity contribution in [1.29, 1.82) is 0 Å². The van der Waals surface area contributed by atoms with Crippen LogP contribution >= 0.6 is 0 Å². The highest BCUT2D eigenvalue weighted by molar-refractivity contribution is 5.71. The van der Waals surface area contributed by atoms with E-state index in [0.717, 1.165) is 75.5 Å². The third-order valence-corrected chi connectivity index (χ3v) is 11.4. The van der Waals surface area contributed by atoms with Crippen molar-refractivity contribution in [2.75, 3.05) is 13.2 Å². The van der Waals surface area contributed by atoms with Gasteiger partial charge >= 0.3 is 17.9 Å². The smallest absolute Gasteiger partial charge is 0.306 e. The van der Waals surface area contributed by atoms with E-state index in [1.807, 2.05) is 0 Å². The standard InChI is InChI=1S/C51H98O6/c1-45(2)37-31-25-19-14-11-9-7-8-10-12-16-23-30-36-42-51(54)57-48(44-56-50(53)41-35-29-24-18-21-27-33-39-47(5)6)43-55-49(52)40-34-28-22-17-13-15-20-26-32-38-46(3)4/h45-48H,7-44H2,1-6H3/t48-/m0/s1. The molecule has 0 saturated carbocycles. The Labute approximate surface area is 355 Å². The van der Waals surface area contributed by atoms with Crippen LogP contribution in [0.1, 0.15) is 273 Å². The summed E-state index contributed by atoms with van der Waals surface area (Å²) < 4.78 is 16.8. The van der Waals surface area contributed by atoms with Crippen molar-refractivity contribution in [1.82, 2.24) is 0 Å². The lowest BCUT2D eigenvalue weighted by molar-refractivity contribution is -0.167. The van der Waals surface area contributed by atoms with E-state index < -0.39 is 6.10 Å².